The molecule has 0 spiro atoms. The summed E-state index contributed by atoms with van der Waals surface area (Å²) in [6.45, 7) is 1.66. The molecule has 2 aromatic rings. The van der Waals surface area contributed by atoms with Crippen LogP contribution in [0.15, 0.2) is 29.6 Å². The van der Waals surface area contributed by atoms with Crippen LogP contribution in [0.3, 0.4) is 0 Å². The molecule has 2 heterocycles. The van der Waals surface area contributed by atoms with Crippen LogP contribution in [-0.2, 0) is 20.8 Å². The third-order valence-electron chi connectivity index (χ3n) is 4.78. The molecule has 1 aromatic heterocycles. The summed E-state index contributed by atoms with van der Waals surface area (Å²) in [5, 5.41) is 14.4. The van der Waals surface area contributed by atoms with Gasteiger partial charge in [0.15, 0.2) is 0 Å². The van der Waals surface area contributed by atoms with Gasteiger partial charge in [0.1, 0.15) is 6.04 Å². The predicted molar refractivity (Wildman–Crippen MR) is 105 cm³/mol. The molecule has 1 aliphatic rings. The molecule has 1 aliphatic heterocycles. The van der Waals surface area contributed by atoms with Crippen LogP contribution in [0, 0.1) is 5.92 Å². The van der Waals surface area contributed by atoms with Crippen molar-refractivity contribution in [3.8, 4) is 0 Å². The number of rotatable bonds is 8. The number of thiophene rings is 1. The number of fused-ring (bicyclic) bond motifs is 1. The van der Waals surface area contributed by atoms with Gasteiger partial charge in [-0.3, -0.25) is 14.4 Å². The first kappa shape index (κ1) is 19.3. The molecule has 27 heavy (non-hydrogen) atoms. The summed E-state index contributed by atoms with van der Waals surface area (Å²) >= 11 is 1.62. The molecule has 0 saturated carbocycles. The molecule has 1 atom stereocenters. The minimum atomic E-state index is -0.682. The van der Waals surface area contributed by atoms with Crippen LogP contribution >= 0.6 is 11.3 Å². The number of carbonyl (C=O) groups excluding carboxylic acids is 3. The van der Waals surface area contributed by atoms with Crippen molar-refractivity contribution in [3.05, 3.63) is 35.2 Å². The number of piperidine rings is 1. The largest absolute Gasteiger partial charge is 0.344 e. The molecule has 0 radical (unpaired) electrons. The Hall–Kier alpha value is -2.45. The molecule has 1 fully saturated rings. The summed E-state index contributed by atoms with van der Waals surface area (Å²) < 4.78 is 1.15. The van der Waals surface area contributed by atoms with Gasteiger partial charge in [-0.1, -0.05) is 18.2 Å². The number of benzene rings is 1. The highest BCUT2D eigenvalue weighted by Crippen LogP contribution is 2.26. The maximum absolute atomic E-state index is 12.6. The molecular weight excluding hydrogens is 364 g/mol. The lowest BCUT2D eigenvalue weighted by atomic mass is 9.96. The molecule has 1 saturated heterocycles. The SMILES string of the molecule is O=CNCNC(=O)[C@@H](Cc1csc2ccccc12)NC(=O)C1CCNCC1. The third kappa shape index (κ3) is 5.05. The number of amides is 3. The van der Waals surface area contributed by atoms with Crippen molar-refractivity contribution < 1.29 is 14.4 Å². The molecule has 0 bridgehead atoms. The highest BCUT2D eigenvalue weighted by molar-refractivity contribution is 7.17. The van der Waals surface area contributed by atoms with E-state index in [-0.39, 0.29) is 24.4 Å². The van der Waals surface area contributed by atoms with Crippen LogP contribution in [0.4, 0.5) is 0 Å². The van der Waals surface area contributed by atoms with Crippen molar-refractivity contribution >= 4 is 39.6 Å². The Labute approximate surface area is 161 Å². The highest BCUT2D eigenvalue weighted by atomic mass is 32.1. The number of hydrogen-bond acceptors (Lipinski definition) is 5. The van der Waals surface area contributed by atoms with Crippen LogP contribution < -0.4 is 21.3 Å². The van der Waals surface area contributed by atoms with E-state index in [4.69, 9.17) is 0 Å². The van der Waals surface area contributed by atoms with E-state index < -0.39 is 6.04 Å². The van der Waals surface area contributed by atoms with Gasteiger partial charge in [0.2, 0.25) is 18.2 Å². The Morgan fingerprint density at radius 2 is 2.04 bits per heavy atom. The highest BCUT2D eigenvalue weighted by Gasteiger charge is 2.27. The average molecular weight is 388 g/mol. The normalized spacial score (nSPS) is 15.9. The number of nitrogens with one attached hydrogen (secondary N) is 4. The second-order valence-electron chi connectivity index (χ2n) is 6.59. The van der Waals surface area contributed by atoms with E-state index >= 15 is 0 Å². The van der Waals surface area contributed by atoms with Gasteiger partial charge in [0, 0.05) is 17.0 Å². The van der Waals surface area contributed by atoms with Crippen LogP contribution in [0.5, 0.6) is 0 Å². The van der Waals surface area contributed by atoms with Crippen molar-refractivity contribution in [1.82, 2.24) is 21.3 Å². The fourth-order valence-electron chi connectivity index (χ4n) is 3.30. The van der Waals surface area contributed by atoms with Gasteiger partial charge in [-0.25, -0.2) is 0 Å². The van der Waals surface area contributed by atoms with Crippen LogP contribution in [-0.4, -0.2) is 44.0 Å². The zero-order valence-electron chi connectivity index (χ0n) is 15.0. The fourth-order valence-corrected chi connectivity index (χ4v) is 4.27. The van der Waals surface area contributed by atoms with E-state index in [0.29, 0.717) is 12.8 Å². The minimum absolute atomic E-state index is 0.0342. The Bertz CT molecular complexity index is 801. The molecule has 0 aliphatic carbocycles. The van der Waals surface area contributed by atoms with E-state index in [1.165, 1.54) is 0 Å². The quantitative estimate of drug-likeness (QED) is 0.305. The number of hydrogen-bond donors (Lipinski definition) is 4. The lowest BCUT2D eigenvalue weighted by molar-refractivity contribution is -0.131. The maximum Gasteiger partial charge on any atom is 0.244 e. The predicted octanol–water partition coefficient (Wildman–Crippen LogP) is 0.748. The van der Waals surface area contributed by atoms with Crippen molar-refractivity contribution in [1.29, 1.82) is 0 Å². The molecule has 144 valence electrons. The summed E-state index contributed by atoms with van der Waals surface area (Å²) in [4.78, 5) is 35.7. The van der Waals surface area contributed by atoms with Crippen molar-refractivity contribution in [3.63, 3.8) is 0 Å². The molecule has 3 rings (SSSR count). The molecule has 4 N–H and O–H groups in total. The monoisotopic (exact) mass is 388 g/mol. The minimum Gasteiger partial charge on any atom is -0.344 e. The van der Waals surface area contributed by atoms with E-state index in [9.17, 15) is 14.4 Å². The molecule has 3 amide bonds. The van der Waals surface area contributed by atoms with E-state index in [1.807, 2.05) is 29.6 Å². The second-order valence-corrected chi connectivity index (χ2v) is 7.50. The zero-order chi connectivity index (χ0) is 19.1. The summed E-state index contributed by atoms with van der Waals surface area (Å²) in [5.41, 5.74) is 1.03. The van der Waals surface area contributed by atoms with Crippen molar-refractivity contribution in [2.75, 3.05) is 19.8 Å². The van der Waals surface area contributed by atoms with E-state index in [1.54, 1.807) is 11.3 Å². The van der Waals surface area contributed by atoms with Gasteiger partial charge in [0.25, 0.3) is 0 Å². The summed E-state index contributed by atoms with van der Waals surface area (Å²) in [6, 6.07) is 7.34. The summed E-state index contributed by atoms with van der Waals surface area (Å²) in [6.07, 6.45) is 2.48. The lowest BCUT2D eigenvalue weighted by Gasteiger charge is -2.25. The lowest BCUT2D eigenvalue weighted by Crippen LogP contribution is -2.52. The van der Waals surface area contributed by atoms with Gasteiger partial charge < -0.3 is 21.3 Å². The smallest absolute Gasteiger partial charge is 0.244 e. The first-order valence-corrected chi connectivity index (χ1v) is 9.98. The Morgan fingerprint density at radius 1 is 1.26 bits per heavy atom. The first-order valence-electron chi connectivity index (χ1n) is 9.10. The first-order chi connectivity index (χ1) is 13.2. The molecular formula is C19H24N4O3S. The Balaban J connectivity index is 1.73. The summed E-state index contributed by atoms with van der Waals surface area (Å²) in [5.74, 6) is -0.463. The molecule has 7 nitrogen and oxygen atoms in total. The van der Waals surface area contributed by atoms with Gasteiger partial charge in [-0.2, -0.15) is 0 Å². The van der Waals surface area contributed by atoms with Gasteiger partial charge >= 0.3 is 0 Å². The maximum atomic E-state index is 12.6. The van der Waals surface area contributed by atoms with Crippen LogP contribution in [0.25, 0.3) is 10.1 Å². The van der Waals surface area contributed by atoms with Crippen LogP contribution in [0.1, 0.15) is 18.4 Å². The summed E-state index contributed by atoms with van der Waals surface area (Å²) in [7, 11) is 0. The van der Waals surface area contributed by atoms with E-state index in [2.05, 4.69) is 21.3 Å². The van der Waals surface area contributed by atoms with Gasteiger partial charge in [-0.15, -0.1) is 11.3 Å². The average Bonchev–Trinajstić information content (AvgIpc) is 3.11. The van der Waals surface area contributed by atoms with Crippen molar-refractivity contribution in [2.45, 2.75) is 25.3 Å². The van der Waals surface area contributed by atoms with Gasteiger partial charge in [0.05, 0.1) is 6.67 Å². The fraction of sp³-hybridized carbons (Fsp3) is 0.421. The standard InChI is InChI=1S/C19H24N4O3S/c24-12-21-11-22-19(26)16(23-18(25)13-5-7-20-8-6-13)9-14-10-27-17-4-2-1-3-15(14)17/h1-4,10,12-13,16,20H,5-9,11H2,(H,21,24)(H,22,26)(H,23,25)/t16-/m1/s1. The third-order valence-corrected chi connectivity index (χ3v) is 5.79. The van der Waals surface area contributed by atoms with Crippen molar-refractivity contribution in [2.24, 2.45) is 5.92 Å². The Morgan fingerprint density at radius 3 is 2.81 bits per heavy atom. The topological polar surface area (TPSA) is 99.3 Å². The zero-order valence-corrected chi connectivity index (χ0v) is 15.8. The molecule has 1 aromatic carbocycles. The molecule has 0 unspecified atom stereocenters. The van der Waals surface area contributed by atoms with Gasteiger partial charge in [-0.05, 0) is 48.3 Å². The van der Waals surface area contributed by atoms with E-state index in [0.717, 1.165) is 41.6 Å². The molecule has 8 heteroatoms. The Kier molecular flexibility index (Phi) is 6.78. The second kappa shape index (κ2) is 9.48. The number of carbonyl (C=O) groups is 3. The van der Waals surface area contributed by atoms with Crippen LogP contribution in [0.2, 0.25) is 0 Å².